The van der Waals surface area contributed by atoms with Crippen molar-refractivity contribution in [3.63, 3.8) is 0 Å². The largest absolute Gasteiger partial charge is 0.468 e. The molecule has 0 bridgehead atoms. The maximum absolute atomic E-state index is 5.69. The van der Waals surface area contributed by atoms with E-state index in [4.69, 9.17) is 4.42 Å². The Labute approximate surface area is 159 Å². The third-order valence-corrected chi connectivity index (χ3v) is 5.17. The maximum Gasteiger partial charge on any atom is 0.191 e. The average Bonchev–Trinajstić information content (AvgIpc) is 3.46. The van der Waals surface area contributed by atoms with E-state index in [1.807, 2.05) is 12.1 Å². The lowest BCUT2D eigenvalue weighted by Crippen LogP contribution is -2.42. The second-order valence-corrected chi connectivity index (χ2v) is 6.96. The lowest BCUT2D eigenvalue weighted by molar-refractivity contribution is 0.215. The number of guanidine groups is 1. The SMILES string of the molecule is CN=C(NCc1cc2ccccc2[nH]1)NCC(c1ccco1)N1CCCC1. The van der Waals surface area contributed by atoms with Gasteiger partial charge in [-0.2, -0.15) is 0 Å². The minimum Gasteiger partial charge on any atom is -0.468 e. The van der Waals surface area contributed by atoms with Crippen LogP contribution < -0.4 is 10.6 Å². The fourth-order valence-electron chi connectivity index (χ4n) is 3.77. The van der Waals surface area contributed by atoms with Gasteiger partial charge in [-0.25, -0.2) is 0 Å². The number of nitrogens with one attached hydrogen (secondary N) is 3. The number of likely N-dealkylation sites (tertiary alicyclic amines) is 1. The zero-order valence-electron chi connectivity index (χ0n) is 15.7. The Morgan fingerprint density at radius 2 is 2.04 bits per heavy atom. The molecule has 6 nitrogen and oxygen atoms in total. The number of fused-ring (bicyclic) bond motifs is 1. The second kappa shape index (κ2) is 8.31. The predicted molar refractivity (Wildman–Crippen MR) is 109 cm³/mol. The van der Waals surface area contributed by atoms with E-state index in [2.05, 4.69) is 55.8 Å². The summed E-state index contributed by atoms with van der Waals surface area (Å²) in [4.78, 5) is 10.3. The first-order chi connectivity index (χ1) is 13.3. The summed E-state index contributed by atoms with van der Waals surface area (Å²) < 4.78 is 5.69. The number of benzene rings is 1. The smallest absolute Gasteiger partial charge is 0.191 e. The molecule has 1 aliphatic heterocycles. The molecule has 1 aliphatic rings. The van der Waals surface area contributed by atoms with Crippen molar-refractivity contribution in [2.24, 2.45) is 4.99 Å². The van der Waals surface area contributed by atoms with Crippen LogP contribution in [0, 0.1) is 0 Å². The van der Waals surface area contributed by atoms with Crippen molar-refractivity contribution in [2.45, 2.75) is 25.4 Å². The van der Waals surface area contributed by atoms with E-state index in [1.165, 1.54) is 18.2 Å². The third kappa shape index (κ3) is 4.17. The maximum atomic E-state index is 5.69. The van der Waals surface area contributed by atoms with Crippen LogP contribution in [0.3, 0.4) is 0 Å². The van der Waals surface area contributed by atoms with E-state index in [1.54, 1.807) is 13.3 Å². The molecule has 1 saturated heterocycles. The predicted octanol–water partition coefficient (Wildman–Crippen LogP) is 3.26. The number of furan rings is 1. The number of nitrogens with zero attached hydrogens (tertiary/aromatic N) is 2. The fraction of sp³-hybridized carbons (Fsp3) is 0.381. The zero-order chi connectivity index (χ0) is 18.5. The number of aliphatic imine (C=N–C) groups is 1. The molecule has 1 unspecified atom stereocenters. The molecule has 4 rings (SSSR count). The van der Waals surface area contributed by atoms with Crippen molar-refractivity contribution in [3.05, 3.63) is 60.2 Å². The van der Waals surface area contributed by atoms with Crippen molar-refractivity contribution in [1.29, 1.82) is 0 Å². The van der Waals surface area contributed by atoms with Gasteiger partial charge in [0.2, 0.25) is 0 Å². The van der Waals surface area contributed by atoms with Gasteiger partial charge in [0.25, 0.3) is 0 Å². The minimum atomic E-state index is 0.231. The molecular weight excluding hydrogens is 338 g/mol. The first-order valence-corrected chi connectivity index (χ1v) is 9.62. The highest BCUT2D eigenvalue weighted by atomic mass is 16.3. The third-order valence-electron chi connectivity index (χ3n) is 5.17. The molecule has 6 heteroatoms. The molecule has 1 atom stereocenters. The van der Waals surface area contributed by atoms with E-state index in [9.17, 15) is 0 Å². The summed E-state index contributed by atoms with van der Waals surface area (Å²) in [5, 5.41) is 8.08. The van der Waals surface area contributed by atoms with Gasteiger partial charge < -0.3 is 20.0 Å². The lowest BCUT2D eigenvalue weighted by atomic mass is 10.2. The Morgan fingerprint density at radius 1 is 1.19 bits per heavy atom. The van der Waals surface area contributed by atoms with Gasteiger partial charge in [-0.05, 0) is 55.6 Å². The van der Waals surface area contributed by atoms with Crippen LogP contribution in [-0.2, 0) is 6.54 Å². The minimum absolute atomic E-state index is 0.231. The van der Waals surface area contributed by atoms with Crippen molar-refractivity contribution < 1.29 is 4.42 Å². The molecule has 0 radical (unpaired) electrons. The van der Waals surface area contributed by atoms with Gasteiger partial charge >= 0.3 is 0 Å². The van der Waals surface area contributed by atoms with Crippen molar-refractivity contribution in [2.75, 3.05) is 26.7 Å². The number of aromatic nitrogens is 1. The summed E-state index contributed by atoms with van der Waals surface area (Å²) >= 11 is 0. The molecule has 3 heterocycles. The molecule has 0 spiro atoms. The van der Waals surface area contributed by atoms with Gasteiger partial charge in [-0.3, -0.25) is 9.89 Å². The molecule has 0 amide bonds. The second-order valence-electron chi connectivity index (χ2n) is 6.96. The Balaban J connectivity index is 1.36. The Bertz CT molecular complexity index is 844. The van der Waals surface area contributed by atoms with Crippen molar-refractivity contribution >= 4 is 16.9 Å². The number of aromatic amines is 1. The Kier molecular flexibility index (Phi) is 5.44. The molecule has 27 heavy (non-hydrogen) atoms. The molecule has 3 N–H and O–H groups in total. The molecular formula is C21H27N5O. The van der Waals surface area contributed by atoms with Crippen LogP contribution >= 0.6 is 0 Å². The number of para-hydroxylation sites is 1. The number of hydrogen-bond donors (Lipinski definition) is 3. The van der Waals surface area contributed by atoms with Crippen LogP contribution in [0.5, 0.6) is 0 Å². The van der Waals surface area contributed by atoms with Gasteiger partial charge in [-0.1, -0.05) is 18.2 Å². The first kappa shape index (κ1) is 17.7. The highest BCUT2D eigenvalue weighted by Gasteiger charge is 2.25. The monoisotopic (exact) mass is 365 g/mol. The molecule has 142 valence electrons. The summed E-state index contributed by atoms with van der Waals surface area (Å²) in [5.41, 5.74) is 2.30. The van der Waals surface area contributed by atoms with Crippen LogP contribution in [0.4, 0.5) is 0 Å². The van der Waals surface area contributed by atoms with Crippen molar-refractivity contribution in [1.82, 2.24) is 20.5 Å². The zero-order valence-corrected chi connectivity index (χ0v) is 15.7. The van der Waals surface area contributed by atoms with Crippen molar-refractivity contribution in [3.8, 4) is 0 Å². The molecule has 3 aromatic rings. The van der Waals surface area contributed by atoms with Gasteiger partial charge in [0.05, 0.1) is 18.8 Å². The lowest BCUT2D eigenvalue weighted by Gasteiger charge is -2.26. The van der Waals surface area contributed by atoms with E-state index < -0.39 is 0 Å². The number of rotatable bonds is 6. The number of H-pyrrole nitrogens is 1. The quantitative estimate of drug-likeness (QED) is 0.463. The van der Waals surface area contributed by atoms with Crippen LogP contribution in [0.1, 0.15) is 30.3 Å². The molecule has 0 aliphatic carbocycles. The van der Waals surface area contributed by atoms with Crippen LogP contribution in [0.2, 0.25) is 0 Å². The number of hydrogen-bond acceptors (Lipinski definition) is 3. The van der Waals surface area contributed by atoms with Crippen LogP contribution in [0.15, 0.2) is 58.1 Å². The average molecular weight is 365 g/mol. The first-order valence-electron chi connectivity index (χ1n) is 9.62. The standard InChI is InChI=1S/C21H27N5O/c1-22-21(23-14-17-13-16-7-2-3-8-18(16)25-17)24-15-19(20-9-6-12-27-20)26-10-4-5-11-26/h2-3,6-9,12-13,19,25H,4-5,10-11,14-15H2,1H3,(H2,22,23,24). The van der Waals surface area contributed by atoms with Gasteiger partial charge in [0.1, 0.15) is 5.76 Å². The van der Waals surface area contributed by atoms with Crippen LogP contribution in [-0.4, -0.2) is 42.5 Å². The van der Waals surface area contributed by atoms with Crippen LogP contribution in [0.25, 0.3) is 10.9 Å². The van der Waals surface area contributed by atoms with E-state index in [0.717, 1.165) is 42.6 Å². The van der Waals surface area contributed by atoms with E-state index in [0.29, 0.717) is 6.54 Å². The summed E-state index contributed by atoms with van der Waals surface area (Å²) in [6.45, 7) is 3.70. The van der Waals surface area contributed by atoms with Gasteiger partial charge in [0, 0.05) is 24.8 Å². The van der Waals surface area contributed by atoms with Gasteiger partial charge in [-0.15, -0.1) is 0 Å². The van der Waals surface area contributed by atoms with E-state index >= 15 is 0 Å². The summed E-state index contributed by atoms with van der Waals surface area (Å²) in [5.74, 6) is 1.81. The summed E-state index contributed by atoms with van der Waals surface area (Å²) in [7, 11) is 1.80. The highest BCUT2D eigenvalue weighted by Crippen LogP contribution is 2.24. The normalized spacial score (nSPS) is 16.7. The summed E-state index contributed by atoms with van der Waals surface area (Å²) in [6, 6.07) is 14.7. The molecule has 1 fully saturated rings. The Morgan fingerprint density at radius 3 is 2.78 bits per heavy atom. The summed E-state index contributed by atoms with van der Waals surface area (Å²) in [6.07, 6.45) is 4.26. The van der Waals surface area contributed by atoms with Gasteiger partial charge in [0.15, 0.2) is 5.96 Å². The molecule has 0 saturated carbocycles. The molecule has 1 aromatic carbocycles. The fourth-order valence-corrected chi connectivity index (χ4v) is 3.77. The topological polar surface area (TPSA) is 68.6 Å². The highest BCUT2D eigenvalue weighted by molar-refractivity contribution is 5.81. The van der Waals surface area contributed by atoms with E-state index in [-0.39, 0.29) is 6.04 Å². The molecule has 2 aromatic heterocycles. The Hall–Kier alpha value is -2.73.